The number of carbonyl (C=O) groups is 2. The molecule has 0 radical (unpaired) electrons. The van der Waals surface area contributed by atoms with Crippen LogP contribution in [0.2, 0.25) is 0 Å². The molecule has 7 heteroatoms. The Bertz CT molecular complexity index is 1280. The molecule has 6 rings (SSSR count). The van der Waals surface area contributed by atoms with E-state index in [4.69, 9.17) is 4.84 Å². The van der Waals surface area contributed by atoms with Gasteiger partial charge in [0, 0.05) is 4.88 Å². The molecule has 2 saturated heterocycles. The summed E-state index contributed by atoms with van der Waals surface area (Å²) >= 11 is 1.42. The lowest BCUT2D eigenvalue weighted by Crippen LogP contribution is -2.37. The number of hydroxylamine groups is 1. The minimum absolute atomic E-state index is 0.299. The predicted molar refractivity (Wildman–Crippen MR) is 125 cm³/mol. The van der Waals surface area contributed by atoms with E-state index in [0.717, 1.165) is 47.4 Å². The maximum atomic E-state index is 13.8. The molecule has 3 aliphatic rings. The predicted octanol–water partition coefficient (Wildman–Crippen LogP) is 4.55. The second kappa shape index (κ2) is 7.84. The molecule has 0 N–H and O–H groups in total. The molecular weight excluding hydrogens is 434 g/mol. The maximum Gasteiger partial charge on any atom is 0.267 e. The SMILES string of the molecule is N#Cc1c(N2C(=O)[C@H]3[C@@H](c4ccccc4)N(c4ccccc4)O[C@H]3C2=O)sc2c1CCCC2. The van der Waals surface area contributed by atoms with Gasteiger partial charge in [0.05, 0.1) is 17.3 Å². The van der Waals surface area contributed by atoms with Crippen molar-refractivity contribution in [2.45, 2.75) is 37.8 Å². The second-order valence-electron chi connectivity index (χ2n) is 8.58. The van der Waals surface area contributed by atoms with Gasteiger partial charge in [-0.25, -0.2) is 9.96 Å². The summed E-state index contributed by atoms with van der Waals surface area (Å²) in [5.74, 6) is -1.38. The lowest BCUT2D eigenvalue weighted by atomic mass is 9.90. The molecule has 0 saturated carbocycles. The first-order valence-corrected chi connectivity index (χ1v) is 12.0. The Hall–Kier alpha value is -3.47. The Morgan fingerprint density at radius 3 is 2.36 bits per heavy atom. The lowest BCUT2D eigenvalue weighted by Gasteiger charge is -2.28. The van der Waals surface area contributed by atoms with Crippen LogP contribution in [-0.2, 0) is 27.3 Å². The van der Waals surface area contributed by atoms with Gasteiger partial charge in [0.15, 0.2) is 6.10 Å². The Kier molecular flexibility index (Phi) is 4.79. The fraction of sp³-hybridized carbons (Fsp3) is 0.269. The lowest BCUT2D eigenvalue weighted by molar-refractivity contribution is -0.126. The molecular formula is C26H21N3O3S. The number of imide groups is 1. The fourth-order valence-electron chi connectivity index (χ4n) is 5.23. The highest BCUT2D eigenvalue weighted by Crippen LogP contribution is 2.50. The van der Waals surface area contributed by atoms with E-state index in [0.29, 0.717) is 10.6 Å². The average molecular weight is 456 g/mol. The number of nitriles is 1. The molecule has 1 aliphatic carbocycles. The van der Waals surface area contributed by atoms with Gasteiger partial charge in [-0.15, -0.1) is 11.3 Å². The summed E-state index contributed by atoms with van der Waals surface area (Å²) in [6.45, 7) is 0. The van der Waals surface area contributed by atoms with Crippen LogP contribution in [0.1, 0.15) is 40.5 Å². The first-order valence-electron chi connectivity index (χ1n) is 11.2. The first-order chi connectivity index (χ1) is 16.2. The van der Waals surface area contributed by atoms with Crippen molar-refractivity contribution in [2.24, 2.45) is 5.92 Å². The molecule has 2 aromatic carbocycles. The number of amides is 2. The number of aryl methyl sites for hydroxylation is 1. The van der Waals surface area contributed by atoms with Gasteiger partial charge in [-0.2, -0.15) is 5.26 Å². The standard InChI is InChI=1S/C26H21N3O3S/c27-15-19-18-13-7-8-14-20(18)33-26(19)28-24(30)21-22(16-9-3-1-4-10-16)29(32-23(21)25(28)31)17-11-5-2-6-12-17/h1-6,9-12,21-23H,7-8,13-14H2/t21-,22+,23+/m0/s1. The van der Waals surface area contributed by atoms with Crippen LogP contribution in [0.3, 0.4) is 0 Å². The minimum Gasteiger partial charge on any atom is -0.273 e. The van der Waals surface area contributed by atoms with Crippen LogP contribution in [0.25, 0.3) is 0 Å². The summed E-state index contributed by atoms with van der Waals surface area (Å²) in [6, 6.07) is 21.0. The summed E-state index contributed by atoms with van der Waals surface area (Å²) in [5.41, 5.74) is 3.18. The number of hydrogen-bond donors (Lipinski definition) is 0. The van der Waals surface area contributed by atoms with Crippen molar-refractivity contribution in [3.63, 3.8) is 0 Å². The van der Waals surface area contributed by atoms with Gasteiger partial charge in [-0.3, -0.25) is 14.4 Å². The van der Waals surface area contributed by atoms with Crippen LogP contribution in [0.5, 0.6) is 0 Å². The first kappa shape index (κ1) is 20.2. The van der Waals surface area contributed by atoms with E-state index in [1.807, 2.05) is 60.7 Å². The van der Waals surface area contributed by atoms with Gasteiger partial charge in [-0.05, 0) is 48.9 Å². The third-order valence-electron chi connectivity index (χ3n) is 6.73. The number of hydrogen-bond acceptors (Lipinski definition) is 6. The summed E-state index contributed by atoms with van der Waals surface area (Å²) in [7, 11) is 0. The van der Waals surface area contributed by atoms with Crippen molar-refractivity contribution in [3.05, 3.63) is 82.2 Å². The molecule has 3 aromatic rings. The molecule has 2 amide bonds. The van der Waals surface area contributed by atoms with Crippen molar-refractivity contribution < 1.29 is 14.4 Å². The topological polar surface area (TPSA) is 73.6 Å². The second-order valence-corrected chi connectivity index (χ2v) is 9.67. The zero-order valence-electron chi connectivity index (χ0n) is 17.8. The van der Waals surface area contributed by atoms with E-state index in [9.17, 15) is 14.9 Å². The number of fused-ring (bicyclic) bond motifs is 2. The van der Waals surface area contributed by atoms with Gasteiger partial charge in [0.1, 0.15) is 17.0 Å². The Balaban J connectivity index is 1.44. The summed E-state index contributed by atoms with van der Waals surface area (Å²) in [5, 5.41) is 12.1. The van der Waals surface area contributed by atoms with E-state index in [2.05, 4.69) is 6.07 Å². The third kappa shape index (κ3) is 3.02. The van der Waals surface area contributed by atoms with E-state index >= 15 is 0 Å². The van der Waals surface area contributed by atoms with Crippen molar-refractivity contribution in [2.75, 3.05) is 9.96 Å². The number of para-hydroxylation sites is 1. The van der Waals surface area contributed by atoms with Crippen molar-refractivity contribution in [1.82, 2.24) is 0 Å². The zero-order valence-corrected chi connectivity index (χ0v) is 18.6. The number of benzene rings is 2. The molecule has 2 aliphatic heterocycles. The van der Waals surface area contributed by atoms with Gasteiger partial charge in [0.2, 0.25) is 5.91 Å². The smallest absolute Gasteiger partial charge is 0.267 e. The Labute approximate surface area is 195 Å². The summed E-state index contributed by atoms with van der Waals surface area (Å²) in [4.78, 5) is 36.0. The molecule has 0 spiro atoms. The van der Waals surface area contributed by atoms with Crippen LogP contribution in [0.15, 0.2) is 60.7 Å². The molecule has 3 atom stereocenters. The molecule has 164 valence electrons. The molecule has 6 nitrogen and oxygen atoms in total. The van der Waals surface area contributed by atoms with Crippen LogP contribution in [0, 0.1) is 17.2 Å². The molecule has 33 heavy (non-hydrogen) atoms. The van der Waals surface area contributed by atoms with Crippen molar-refractivity contribution in [1.29, 1.82) is 5.26 Å². The number of anilines is 2. The normalized spacial score (nSPS) is 24.0. The van der Waals surface area contributed by atoms with Crippen molar-refractivity contribution in [3.8, 4) is 6.07 Å². The van der Waals surface area contributed by atoms with Crippen LogP contribution < -0.4 is 9.96 Å². The highest BCUT2D eigenvalue weighted by atomic mass is 32.1. The number of thiophene rings is 1. The van der Waals surface area contributed by atoms with Crippen LogP contribution in [0.4, 0.5) is 10.7 Å². The van der Waals surface area contributed by atoms with Gasteiger partial charge in [0.25, 0.3) is 5.91 Å². The minimum atomic E-state index is -0.923. The molecule has 0 unspecified atom stereocenters. The highest BCUT2D eigenvalue weighted by Gasteiger charge is 2.61. The molecule has 0 bridgehead atoms. The largest absolute Gasteiger partial charge is 0.273 e. The van der Waals surface area contributed by atoms with E-state index < -0.39 is 18.1 Å². The summed E-state index contributed by atoms with van der Waals surface area (Å²) in [6.07, 6.45) is 2.88. The number of nitrogens with zero attached hydrogens (tertiary/aromatic N) is 3. The highest BCUT2D eigenvalue weighted by molar-refractivity contribution is 7.17. The summed E-state index contributed by atoms with van der Waals surface area (Å²) < 4.78 is 0. The maximum absolute atomic E-state index is 13.8. The van der Waals surface area contributed by atoms with Crippen LogP contribution >= 0.6 is 11.3 Å². The quantitative estimate of drug-likeness (QED) is 0.542. The van der Waals surface area contributed by atoms with Gasteiger partial charge < -0.3 is 0 Å². The zero-order chi connectivity index (χ0) is 22.5. The average Bonchev–Trinajstić information content (AvgIpc) is 3.50. The fourth-order valence-corrected chi connectivity index (χ4v) is 6.58. The number of rotatable bonds is 3. The molecule has 1 aromatic heterocycles. The van der Waals surface area contributed by atoms with E-state index in [1.165, 1.54) is 16.2 Å². The number of carbonyl (C=O) groups excluding carboxylic acids is 2. The molecule has 3 heterocycles. The van der Waals surface area contributed by atoms with E-state index in [1.54, 1.807) is 5.06 Å². The van der Waals surface area contributed by atoms with Crippen molar-refractivity contribution >= 4 is 33.8 Å². The van der Waals surface area contributed by atoms with Gasteiger partial charge in [-0.1, -0.05) is 48.5 Å². The molecule has 2 fully saturated rings. The third-order valence-corrected chi connectivity index (χ3v) is 8.01. The Morgan fingerprint density at radius 2 is 1.64 bits per heavy atom. The van der Waals surface area contributed by atoms with Gasteiger partial charge >= 0.3 is 0 Å². The Morgan fingerprint density at radius 1 is 0.939 bits per heavy atom. The van der Waals surface area contributed by atoms with Crippen LogP contribution in [-0.4, -0.2) is 17.9 Å². The monoisotopic (exact) mass is 455 g/mol. The van der Waals surface area contributed by atoms with E-state index in [-0.39, 0.29) is 11.8 Å².